The van der Waals surface area contributed by atoms with Gasteiger partial charge >= 0.3 is 5.97 Å². The van der Waals surface area contributed by atoms with Gasteiger partial charge in [-0.15, -0.1) is 0 Å². The Kier molecular flexibility index (Phi) is 9.05. The molecule has 42 heavy (non-hydrogen) atoms. The molecule has 13 heteroatoms. The Morgan fingerprint density at radius 1 is 0.976 bits per heavy atom. The minimum Gasteiger partial charge on any atom is -0.493 e. The van der Waals surface area contributed by atoms with Gasteiger partial charge in [-0.2, -0.15) is 14.0 Å². The number of nitrogens with two attached hydrogens (primary N) is 1. The van der Waals surface area contributed by atoms with E-state index in [9.17, 15) is 32.0 Å². The van der Waals surface area contributed by atoms with Gasteiger partial charge in [0.2, 0.25) is 35.0 Å². The molecule has 4 rings (SSSR count). The lowest BCUT2D eigenvalue weighted by Gasteiger charge is -2.27. The summed E-state index contributed by atoms with van der Waals surface area (Å²) in [5.74, 6) is -14.1. The summed E-state index contributed by atoms with van der Waals surface area (Å²) >= 11 is 0. The lowest BCUT2D eigenvalue weighted by molar-refractivity contribution is -0.136. The first-order valence-corrected chi connectivity index (χ1v) is 12.5. The number of nitriles is 1. The number of halogens is 5. The number of hydrogen-bond acceptors (Lipinski definition) is 8. The van der Waals surface area contributed by atoms with Crippen LogP contribution in [0.5, 0.6) is 28.7 Å². The van der Waals surface area contributed by atoms with Gasteiger partial charge in [0.05, 0.1) is 19.6 Å². The third-order valence-electron chi connectivity index (χ3n) is 6.20. The standard InChI is InChI=1S/C29H23F5N2O6/c1-3-4-9-39-18-8-5-14(10-20(18)38-2)22-16-7-6-15(11-19(16)42-29(36)17(22)12-35)41-21(37)13-40-28-26(33)24(31)23(30)25(32)27(28)34/h5-8,10-11,22H,3-4,9,13,36H2,1-2H3. The van der Waals surface area contributed by atoms with Crippen molar-refractivity contribution in [2.24, 2.45) is 5.73 Å². The van der Waals surface area contributed by atoms with Crippen LogP contribution in [0.25, 0.3) is 0 Å². The van der Waals surface area contributed by atoms with Gasteiger partial charge in [-0.05, 0) is 30.2 Å². The fourth-order valence-corrected chi connectivity index (χ4v) is 4.16. The second-order valence-electron chi connectivity index (χ2n) is 8.90. The molecule has 3 aromatic rings. The lowest BCUT2D eigenvalue weighted by Crippen LogP contribution is -2.22. The summed E-state index contributed by atoms with van der Waals surface area (Å²) in [4.78, 5) is 12.3. The molecule has 0 fully saturated rings. The molecule has 1 aliphatic heterocycles. The van der Waals surface area contributed by atoms with E-state index in [1.165, 1.54) is 25.3 Å². The molecule has 0 saturated carbocycles. The molecular weight excluding hydrogens is 567 g/mol. The molecule has 1 aliphatic rings. The Hall–Kier alpha value is -4.99. The first kappa shape index (κ1) is 30.0. The molecular formula is C29H23F5N2O6. The van der Waals surface area contributed by atoms with Crippen LogP contribution in [0.15, 0.2) is 47.9 Å². The van der Waals surface area contributed by atoms with Crippen LogP contribution in [0.3, 0.4) is 0 Å². The van der Waals surface area contributed by atoms with E-state index in [0.717, 1.165) is 12.8 Å². The van der Waals surface area contributed by atoms with E-state index < -0.39 is 53.3 Å². The molecule has 0 aliphatic carbocycles. The van der Waals surface area contributed by atoms with Crippen molar-refractivity contribution in [2.45, 2.75) is 25.7 Å². The van der Waals surface area contributed by atoms with E-state index in [2.05, 4.69) is 10.8 Å². The average Bonchev–Trinajstić information content (AvgIpc) is 2.98. The molecule has 1 unspecified atom stereocenters. The lowest BCUT2D eigenvalue weighted by atomic mass is 9.83. The van der Waals surface area contributed by atoms with Crippen LogP contribution in [-0.2, 0) is 4.79 Å². The quantitative estimate of drug-likeness (QED) is 0.0791. The van der Waals surface area contributed by atoms with Gasteiger partial charge < -0.3 is 29.4 Å². The predicted molar refractivity (Wildman–Crippen MR) is 136 cm³/mol. The number of fused-ring (bicyclic) bond motifs is 1. The number of carbonyl (C=O) groups excluding carboxylic acids is 1. The number of nitrogens with zero attached hydrogens (tertiary/aromatic N) is 1. The van der Waals surface area contributed by atoms with Gasteiger partial charge in [-0.1, -0.05) is 25.5 Å². The highest BCUT2D eigenvalue weighted by Crippen LogP contribution is 2.45. The molecule has 0 saturated heterocycles. The van der Waals surface area contributed by atoms with Gasteiger partial charge in [0.15, 0.2) is 23.9 Å². The molecule has 0 spiro atoms. The van der Waals surface area contributed by atoms with Gasteiger partial charge in [0.25, 0.3) is 0 Å². The number of unbranched alkanes of at least 4 members (excludes halogenated alkanes) is 1. The highest BCUT2D eigenvalue weighted by atomic mass is 19.2. The molecule has 3 aromatic carbocycles. The van der Waals surface area contributed by atoms with Crippen LogP contribution in [0.2, 0.25) is 0 Å². The third kappa shape index (κ3) is 5.88. The first-order chi connectivity index (χ1) is 20.1. The van der Waals surface area contributed by atoms with Crippen LogP contribution in [-0.4, -0.2) is 26.3 Å². The van der Waals surface area contributed by atoms with Gasteiger partial charge in [0, 0.05) is 11.6 Å². The highest BCUT2D eigenvalue weighted by Gasteiger charge is 2.32. The van der Waals surface area contributed by atoms with E-state index in [4.69, 9.17) is 24.7 Å². The Balaban J connectivity index is 1.56. The van der Waals surface area contributed by atoms with E-state index >= 15 is 0 Å². The smallest absolute Gasteiger partial charge is 0.349 e. The SMILES string of the molecule is CCCCOc1ccc(C2C(C#N)=C(N)Oc3cc(OC(=O)COc4c(F)c(F)c(F)c(F)c4F)ccc32)cc1OC. The van der Waals surface area contributed by atoms with Crippen LogP contribution >= 0.6 is 0 Å². The van der Waals surface area contributed by atoms with Crippen LogP contribution in [0.4, 0.5) is 22.0 Å². The second-order valence-corrected chi connectivity index (χ2v) is 8.90. The molecule has 2 N–H and O–H groups in total. The number of hydrogen-bond donors (Lipinski definition) is 1. The molecule has 0 bridgehead atoms. The number of ether oxygens (including phenoxy) is 5. The van der Waals surface area contributed by atoms with Crippen LogP contribution in [0.1, 0.15) is 36.8 Å². The second kappa shape index (κ2) is 12.7. The van der Waals surface area contributed by atoms with Crippen molar-refractivity contribution in [3.8, 4) is 34.8 Å². The van der Waals surface area contributed by atoms with E-state index in [1.54, 1.807) is 18.2 Å². The first-order valence-electron chi connectivity index (χ1n) is 12.5. The largest absolute Gasteiger partial charge is 0.493 e. The van der Waals surface area contributed by atoms with E-state index in [1.807, 2.05) is 6.92 Å². The van der Waals surface area contributed by atoms with Crippen molar-refractivity contribution in [1.29, 1.82) is 5.26 Å². The van der Waals surface area contributed by atoms with Crippen molar-refractivity contribution in [2.75, 3.05) is 20.3 Å². The number of rotatable bonds is 10. The molecule has 8 nitrogen and oxygen atoms in total. The monoisotopic (exact) mass is 590 g/mol. The zero-order chi connectivity index (χ0) is 30.6. The minimum atomic E-state index is -2.37. The van der Waals surface area contributed by atoms with Crippen LogP contribution < -0.4 is 29.4 Å². The zero-order valence-corrected chi connectivity index (χ0v) is 22.2. The van der Waals surface area contributed by atoms with E-state index in [0.29, 0.717) is 29.2 Å². The Morgan fingerprint density at radius 3 is 2.31 bits per heavy atom. The number of benzene rings is 3. The molecule has 220 valence electrons. The van der Waals surface area contributed by atoms with Crippen molar-refractivity contribution >= 4 is 5.97 Å². The molecule has 0 aromatic heterocycles. The zero-order valence-electron chi connectivity index (χ0n) is 22.2. The Labute approximate surface area is 236 Å². The summed E-state index contributed by atoms with van der Waals surface area (Å²) in [6.07, 6.45) is 1.80. The summed E-state index contributed by atoms with van der Waals surface area (Å²) in [6.45, 7) is 1.34. The minimum absolute atomic E-state index is 0.116. The molecule has 1 atom stereocenters. The third-order valence-corrected chi connectivity index (χ3v) is 6.20. The Morgan fingerprint density at radius 2 is 1.67 bits per heavy atom. The Bertz CT molecular complexity index is 1580. The number of allylic oxidation sites excluding steroid dienone is 1. The number of methoxy groups -OCH3 is 1. The summed E-state index contributed by atoms with van der Waals surface area (Å²) in [5, 5.41) is 9.83. The molecule has 1 heterocycles. The van der Waals surface area contributed by atoms with Gasteiger partial charge in [0.1, 0.15) is 23.1 Å². The topological polar surface area (TPSA) is 113 Å². The average molecular weight is 591 g/mol. The van der Waals surface area contributed by atoms with E-state index in [-0.39, 0.29) is 23.0 Å². The highest BCUT2D eigenvalue weighted by molar-refractivity contribution is 5.74. The molecule has 0 radical (unpaired) electrons. The van der Waals surface area contributed by atoms with Crippen LogP contribution in [0, 0.1) is 40.4 Å². The maximum Gasteiger partial charge on any atom is 0.349 e. The van der Waals surface area contributed by atoms with Crippen molar-refractivity contribution < 1.29 is 50.4 Å². The fraction of sp³-hybridized carbons (Fsp3) is 0.241. The fourth-order valence-electron chi connectivity index (χ4n) is 4.16. The van der Waals surface area contributed by atoms with Gasteiger partial charge in [-0.25, -0.2) is 18.0 Å². The summed E-state index contributed by atoms with van der Waals surface area (Å²) in [6, 6.07) is 11.4. The predicted octanol–water partition coefficient (Wildman–Crippen LogP) is 5.77. The summed E-state index contributed by atoms with van der Waals surface area (Å²) in [5.41, 5.74) is 7.26. The molecule has 0 amide bonds. The normalized spacial score (nSPS) is 14.0. The maximum absolute atomic E-state index is 13.8. The maximum atomic E-state index is 13.8. The van der Waals surface area contributed by atoms with Crippen molar-refractivity contribution in [3.63, 3.8) is 0 Å². The summed E-state index contributed by atoms with van der Waals surface area (Å²) < 4.78 is 94.1. The van der Waals surface area contributed by atoms with Crippen molar-refractivity contribution in [3.05, 3.63) is 88.1 Å². The number of esters is 1. The summed E-state index contributed by atoms with van der Waals surface area (Å²) in [7, 11) is 1.48. The van der Waals surface area contributed by atoms with Gasteiger partial charge in [-0.3, -0.25) is 0 Å². The number of carbonyl (C=O) groups is 1. The van der Waals surface area contributed by atoms with Crippen molar-refractivity contribution in [1.82, 2.24) is 0 Å².